The van der Waals surface area contributed by atoms with Crippen LogP contribution in [0.1, 0.15) is 19.5 Å². The van der Waals surface area contributed by atoms with Crippen molar-refractivity contribution in [2.24, 2.45) is 0 Å². The van der Waals surface area contributed by atoms with E-state index >= 15 is 0 Å². The molecule has 0 saturated carbocycles. The first kappa shape index (κ1) is 15.9. The van der Waals surface area contributed by atoms with Crippen LogP contribution in [0.25, 0.3) is 10.9 Å². The average molecular weight is 344 g/mol. The summed E-state index contributed by atoms with van der Waals surface area (Å²) in [6, 6.07) is 12.3. The van der Waals surface area contributed by atoms with Crippen molar-refractivity contribution in [3.8, 4) is 0 Å². The summed E-state index contributed by atoms with van der Waals surface area (Å²) in [5, 5.41) is 12.7. The van der Waals surface area contributed by atoms with Gasteiger partial charge in [-0.15, -0.1) is 10.2 Å². The summed E-state index contributed by atoms with van der Waals surface area (Å²) in [6.07, 6.45) is 0.852. The first-order chi connectivity index (χ1) is 11.1. The Kier molecular flexibility index (Phi) is 4.88. The molecule has 2 heterocycles. The molecule has 0 aliphatic carbocycles. The van der Waals surface area contributed by atoms with E-state index < -0.39 is 0 Å². The summed E-state index contributed by atoms with van der Waals surface area (Å²) in [5.41, 5.74) is 2.08. The highest BCUT2D eigenvalue weighted by molar-refractivity contribution is 8.01. The van der Waals surface area contributed by atoms with Gasteiger partial charge >= 0.3 is 0 Å². The number of nitrogens with one attached hydrogen (secondary N) is 1. The van der Waals surface area contributed by atoms with Crippen LogP contribution in [0.4, 0.5) is 5.13 Å². The van der Waals surface area contributed by atoms with Crippen LogP contribution in [-0.2, 0) is 11.2 Å². The average Bonchev–Trinajstić information content (AvgIpc) is 2.93. The number of carbonyl (C=O) groups excluding carboxylic acids is 1. The number of carbonyl (C=O) groups is 1. The fourth-order valence-electron chi connectivity index (χ4n) is 2.19. The van der Waals surface area contributed by atoms with Crippen molar-refractivity contribution in [2.75, 3.05) is 5.32 Å². The van der Waals surface area contributed by atoms with Crippen molar-refractivity contribution in [1.29, 1.82) is 0 Å². The third kappa shape index (κ3) is 4.27. The van der Waals surface area contributed by atoms with Gasteiger partial charge in [0.15, 0.2) is 4.34 Å². The quantitative estimate of drug-likeness (QED) is 0.564. The third-order valence-corrected chi connectivity index (χ3v) is 5.17. The highest BCUT2D eigenvalue weighted by atomic mass is 32.2. The van der Waals surface area contributed by atoms with E-state index in [1.165, 1.54) is 18.3 Å². The third-order valence-electron chi connectivity index (χ3n) is 3.14. The van der Waals surface area contributed by atoms with Crippen LogP contribution in [0.5, 0.6) is 0 Å². The number of fused-ring (bicyclic) bond motifs is 1. The Morgan fingerprint density at radius 1 is 1.26 bits per heavy atom. The first-order valence-electron chi connectivity index (χ1n) is 7.22. The van der Waals surface area contributed by atoms with Crippen molar-refractivity contribution in [3.63, 3.8) is 0 Å². The van der Waals surface area contributed by atoms with Crippen molar-refractivity contribution in [1.82, 2.24) is 15.2 Å². The smallest absolute Gasteiger partial charge is 0.223 e. The highest BCUT2D eigenvalue weighted by Gasteiger charge is 2.12. The molecule has 0 radical (unpaired) electrons. The molecular weight excluding hydrogens is 328 g/mol. The highest BCUT2D eigenvalue weighted by Crippen LogP contribution is 2.30. The van der Waals surface area contributed by atoms with Crippen molar-refractivity contribution >= 4 is 45.0 Å². The Bertz CT molecular complexity index is 834. The van der Waals surface area contributed by atoms with Gasteiger partial charge in [0.2, 0.25) is 11.0 Å². The van der Waals surface area contributed by atoms with Crippen LogP contribution in [-0.4, -0.2) is 26.3 Å². The van der Waals surface area contributed by atoms with Gasteiger partial charge in [-0.2, -0.15) is 0 Å². The van der Waals surface area contributed by atoms with Crippen LogP contribution >= 0.6 is 23.1 Å². The van der Waals surface area contributed by atoms with E-state index in [2.05, 4.69) is 40.6 Å². The zero-order valence-electron chi connectivity index (χ0n) is 12.8. The van der Waals surface area contributed by atoms with Crippen molar-refractivity contribution < 1.29 is 4.79 Å². The minimum atomic E-state index is -0.133. The minimum absolute atomic E-state index is 0.133. The van der Waals surface area contributed by atoms with Gasteiger partial charge in [0.05, 0.1) is 5.52 Å². The largest absolute Gasteiger partial charge is 0.301 e. The molecule has 3 aromatic rings. The Balaban J connectivity index is 1.64. The molecule has 0 aliphatic rings. The summed E-state index contributed by atoms with van der Waals surface area (Å²) in [4.78, 5) is 15.7. The standard InChI is InChI=1S/C16H16N4OS2/c1-10(22-16-20-19-15(23-16)17-11(2)21)9-13-8-7-12-5-3-4-6-14(12)18-13/h3-8,10H,9H2,1-2H3,(H,17,19,21). The molecule has 1 atom stereocenters. The summed E-state index contributed by atoms with van der Waals surface area (Å²) < 4.78 is 0.849. The molecule has 0 bridgehead atoms. The molecule has 0 saturated heterocycles. The van der Waals surface area contributed by atoms with Gasteiger partial charge in [-0.1, -0.05) is 54.3 Å². The summed E-state index contributed by atoms with van der Waals surface area (Å²) in [6.45, 7) is 3.60. The van der Waals surface area contributed by atoms with E-state index in [1.807, 2.05) is 18.2 Å². The number of para-hydroxylation sites is 1. The number of anilines is 1. The maximum absolute atomic E-state index is 11.0. The van der Waals surface area contributed by atoms with Crippen LogP contribution in [0.3, 0.4) is 0 Å². The lowest BCUT2D eigenvalue weighted by Crippen LogP contribution is -2.04. The van der Waals surface area contributed by atoms with Crippen LogP contribution in [0.2, 0.25) is 0 Å². The molecular formula is C16H16N4OS2. The lowest BCUT2D eigenvalue weighted by Gasteiger charge is -2.09. The Labute approximate surface area is 142 Å². The molecule has 3 rings (SSSR count). The number of rotatable bonds is 5. The van der Waals surface area contributed by atoms with Crippen molar-refractivity contribution in [2.45, 2.75) is 29.9 Å². The van der Waals surface area contributed by atoms with Gasteiger partial charge in [0, 0.05) is 29.7 Å². The molecule has 0 spiro atoms. The summed E-state index contributed by atoms with van der Waals surface area (Å²) in [5.74, 6) is -0.133. The lowest BCUT2D eigenvalue weighted by atomic mass is 10.1. The number of amides is 1. The van der Waals surface area contributed by atoms with E-state index in [0.717, 1.165) is 27.4 Å². The number of hydrogen-bond donors (Lipinski definition) is 1. The first-order valence-corrected chi connectivity index (χ1v) is 8.92. The predicted octanol–water partition coefficient (Wildman–Crippen LogP) is 3.77. The van der Waals surface area contributed by atoms with E-state index in [9.17, 15) is 4.79 Å². The molecule has 2 aromatic heterocycles. The fourth-order valence-corrected chi connectivity index (χ4v) is 4.32. The lowest BCUT2D eigenvalue weighted by molar-refractivity contribution is -0.114. The van der Waals surface area contributed by atoms with E-state index in [4.69, 9.17) is 4.98 Å². The van der Waals surface area contributed by atoms with E-state index in [-0.39, 0.29) is 5.91 Å². The second-order valence-corrected chi connectivity index (χ2v) is 7.85. The molecule has 1 amide bonds. The molecule has 1 aromatic carbocycles. The van der Waals surface area contributed by atoms with Gasteiger partial charge in [0.1, 0.15) is 0 Å². The minimum Gasteiger partial charge on any atom is -0.301 e. The maximum atomic E-state index is 11.0. The SMILES string of the molecule is CC(=O)Nc1nnc(SC(C)Cc2ccc3ccccc3n2)s1. The van der Waals surface area contributed by atoms with Gasteiger partial charge in [-0.3, -0.25) is 9.78 Å². The molecule has 1 unspecified atom stereocenters. The number of pyridine rings is 1. The molecule has 118 valence electrons. The second kappa shape index (κ2) is 7.06. The number of benzene rings is 1. The van der Waals surface area contributed by atoms with Crippen LogP contribution < -0.4 is 5.32 Å². The molecule has 23 heavy (non-hydrogen) atoms. The van der Waals surface area contributed by atoms with Gasteiger partial charge < -0.3 is 5.32 Å². The fraction of sp³-hybridized carbons (Fsp3) is 0.250. The van der Waals surface area contributed by atoms with E-state index in [0.29, 0.717) is 10.4 Å². The zero-order chi connectivity index (χ0) is 16.2. The van der Waals surface area contributed by atoms with Gasteiger partial charge in [-0.05, 0) is 12.1 Å². The van der Waals surface area contributed by atoms with Gasteiger partial charge in [0.25, 0.3) is 0 Å². The Morgan fingerprint density at radius 3 is 2.91 bits per heavy atom. The number of thioether (sulfide) groups is 1. The monoisotopic (exact) mass is 344 g/mol. The molecule has 0 aliphatic heterocycles. The number of nitrogens with zero attached hydrogens (tertiary/aromatic N) is 3. The predicted molar refractivity (Wildman–Crippen MR) is 95.0 cm³/mol. The number of aromatic nitrogens is 3. The molecule has 0 fully saturated rings. The summed E-state index contributed by atoms with van der Waals surface area (Å²) >= 11 is 3.04. The maximum Gasteiger partial charge on any atom is 0.223 e. The van der Waals surface area contributed by atoms with Gasteiger partial charge in [-0.25, -0.2) is 0 Å². The molecule has 7 heteroatoms. The second-order valence-electron chi connectivity index (χ2n) is 5.18. The Morgan fingerprint density at radius 2 is 2.09 bits per heavy atom. The Hall–Kier alpha value is -1.99. The molecule has 1 N–H and O–H groups in total. The normalized spacial score (nSPS) is 12.3. The molecule has 5 nitrogen and oxygen atoms in total. The summed E-state index contributed by atoms with van der Waals surface area (Å²) in [7, 11) is 0. The zero-order valence-corrected chi connectivity index (χ0v) is 14.4. The van der Waals surface area contributed by atoms with Crippen LogP contribution in [0, 0.1) is 0 Å². The topological polar surface area (TPSA) is 67.8 Å². The van der Waals surface area contributed by atoms with Crippen LogP contribution in [0.15, 0.2) is 40.7 Å². The van der Waals surface area contributed by atoms with Crippen molar-refractivity contribution in [3.05, 3.63) is 42.1 Å². The number of hydrogen-bond acceptors (Lipinski definition) is 6. The van der Waals surface area contributed by atoms with E-state index in [1.54, 1.807) is 11.8 Å².